The van der Waals surface area contributed by atoms with Crippen LogP contribution >= 0.6 is 46.3 Å². The normalized spacial score (nSPS) is 12.6. The fourth-order valence-electron chi connectivity index (χ4n) is 4.17. The molecule has 4 aromatic rings. The Morgan fingerprint density at radius 1 is 1.05 bits per heavy atom. The molecule has 44 heavy (non-hydrogen) atoms. The van der Waals surface area contributed by atoms with E-state index in [9.17, 15) is 23.6 Å². The molecule has 2 aromatic heterocycles. The molecule has 0 unspecified atom stereocenters. The molecule has 10 nitrogen and oxygen atoms in total. The monoisotopic (exact) mass is 683 g/mol. The maximum absolute atomic E-state index is 14.3. The number of ether oxygens (including phenoxy) is 1. The van der Waals surface area contributed by atoms with Crippen LogP contribution in [-0.4, -0.2) is 37.3 Å². The molecular formula is C29H32Cl2FN5O5S2. The van der Waals surface area contributed by atoms with Gasteiger partial charge in [0, 0.05) is 41.8 Å². The van der Waals surface area contributed by atoms with Crippen LogP contribution in [0.1, 0.15) is 31.5 Å². The molecule has 0 saturated carbocycles. The van der Waals surface area contributed by atoms with E-state index in [1.165, 1.54) is 23.8 Å². The summed E-state index contributed by atoms with van der Waals surface area (Å²) in [5.74, 6) is -0.923. The van der Waals surface area contributed by atoms with E-state index in [2.05, 4.69) is 9.73 Å². The number of carbonyl (C=O) groups is 1. The number of aryl methyl sites for hydroxylation is 2. The number of thioether (sulfide) groups is 1. The van der Waals surface area contributed by atoms with Crippen molar-refractivity contribution in [1.29, 1.82) is 0 Å². The molecule has 0 amide bonds. The van der Waals surface area contributed by atoms with Gasteiger partial charge in [-0.25, -0.2) is 23.4 Å². The highest BCUT2D eigenvalue weighted by Crippen LogP contribution is 2.33. The summed E-state index contributed by atoms with van der Waals surface area (Å²) in [6, 6.07) is 9.14. The second-order valence-electron chi connectivity index (χ2n) is 9.55. The molecular weight excluding hydrogens is 652 g/mol. The Morgan fingerprint density at radius 3 is 2.39 bits per heavy atom. The third kappa shape index (κ3) is 7.81. The van der Waals surface area contributed by atoms with E-state index in [4.69, 9.17) is 23.2 Å². The first kappa shape index (κ1) is 35.1. The van der Waals surface area contributed by atoms with Crippen molar-refractivity contribution in [3.8, 4) is 5.69 Å². The molecule has 0 saturated heterocycles. The Labute approximate surface area is 271 Å². The van der Waals surface area contributed by atoms with Gasteiger partial charge in [0.25, 0.3) is 5.56 Å². The van der Waals surface area contributed by atoms with Gasteiger partial charge in [-0.2, -0.15) is 0 Å². The van der Waals surface area contributed by atoms with Crippen LogP contribution in [0.3, 0.4) is 0 Å². The van der Waals surface area contributed by atoms with Gasteiger partial charge in [-0.3, -0.25) is 19.1 Å². The standard InChI is InChI=1S/C15H15ClFN3O3S2.C13H13ClN2O2.CH4/c1-23-13(21)8-24-12-7-11(10(17)6-9(12)16)18-14-19-4-2-3-5-20(19)15(22)25-14;1-8-6-10(4-5-11(8)14)16-12(17)7-9(2)15(3)13(16)18;/h6-7H,2-5,8H2,1H3;4-7H,1-3H3;1H4. The second-order valence-corrected chi connectivity index (χ2v) is 12.3. The van der Waals surface area contributed by atoms with Crippen molar-refractivity contribution >= 4 is 58.0 Å². The smallest absolute Gasteiger partial charge is 0.335 e. The second kappa shape index (κ2) is 15.1. The first-order valence-electron chi connectivity index (χ1n) is 13.0. The first-order chi connectivity index (χ1) is 20.4. The topological polar surface area (TPSA) is 110 Å². The molecule has 0 bridgehead atoms. The SMILES string of the molecule is C.COC(=O)CSc1cc(N=c2sc(=O)n3n2CCCC3)c(F)cc1Cl.Cc1cc(-n2c(=O)cc(C)n(C)c2=O)ccc1Cl. The Bertz CT molecular complexity index is 1940. The quantitative estimate of drug-likeness (QED) is 0.210. The third-order valence-electron chi connectivity index (χ3n) is 6.64. The highest BCUT2D eigenvalue weighted by atomic mass is 35.5. The molecule has 0 radical (unpaired) electrons. The van der Waals surface area contributed by atoms with Crippen molar-refractivity contribution in [3.63, 3.8) is 0 Å². The minimum absolute atomic E-state index is 0. The van der Waals surface area contributed by atoms with Gasteiger partial charge in [0.2, 0.25) is 4.80 Å². The zero-order valence-electron chi connectivity index (χ0n) is 23.7. The van der Waals surface area contributed by atoms with E-state index >= 15 is 0 Å². The lowest BCUT2D eigenvalue weighted by Crippen LogP contribution is -2.38. The number of carbonyl (C=O) groups excluding carboxylic acids is 1. The summed E-state index contributed by atoms with van der Waals surface area (Å²) >= 11 is 14.1. The molecule has 1 aliphatic heterocycles. The lowest BCUT2D eigenvalue weighted by atomic mass is 10.2. The van der Waals surface area contributed by atoms with Gasteiger partial charge in [0.15, 0.2) is 0 Å². The van der Waals surface area contributed by atoms with Gasteiger partial charge in [-0.15, -0.1) is 11.8 Å². The van der Waals surface area contributed by atoms with Crippen LogP contribution in [0.5, 0.6) is 0 Å². The molecule has 15 heteroatoms. The van der Waals surface area contributed by atoms with Crippen molar-refractivity contribution in [1.82, 2.24) is 18.5 Å². The maximum Gasteiger partial charge on any atom is 0.335 e. The first-order valence-corrected chi connectivity index (χ1v) is 15.6. The predicted octanol–water partition coefficient (Wildman–Crippen LogP) is 5.24. The number of esters is 1. The van der Waals surface area contributed by atoms with Gasteiger partial charge < -0.3 is 9.30 Å². The third-order valence-corrected chi connectivity index (χ3v) is 9.39. The molecule has 236 valence electrons. The summed E-state index contributed by atoms with van der Waals surface area (Å²) in [6.07, 6.45) is 1.90. The van der Waals surface area contributed by atoms with E-state index in [1.54, 1.807) is 41.5 Å². The molecule has 1 aliphatic rings. The van der Waals surface area contributed by atoms with E-state index < -0.39 is 11.8 Å². The summed E-state index contributed by atoms with van der Waals surface area (Å²) in [6.45, 7) is 4.88. The van der Waals surface area contributed by atoms with Crippen LogP contribution in [0.25, 0.3) is 5.69 Å². The number of hydrogen-bond donors (Lipinski definition) is 0. The van der Waals surface area contributed by atoms with Crippen molar-refractivity contribution in [2.24, 2.45) is 12.0 Å². The van der Waals surface area contributed by atoms with Gasteiger partial charge in [-0.1, -0.05) is 30.6 Å². The van der Waals surface area contributed by atoms with Crippen LogP contribution in [0.4, 0.5) is 10.1 Å². The number of fused-ring (bicyclic) bond motifs is 1. The van der Waals surface area contributed by atoms with Crippen LogP contribution in [0.15, 0.2) is 60.7 Å². The Balaban J connectivity index is 0.000000247. The van der Waals surface area contributed by atoms with Gasteiger partial charge in [0.05, 0.1) is 23.6 Å². The lowest BCUT2D eigenvalue weighted by molar-refractivity contribution is -0.137. The van der Waals surface area contributed by atoms with Gasteiger partial charge in [0.1, 0.15) is 11.5 Å². The number of rotatable bonds is 5. The van der Waals surface area contributed by atoms with Gasteiger partial charge in [-0.05, 0) is 73.9 Å². The summed E-state index contributed by atoms with van der Waals surface area (Å²) < 4.78 is 24.8. The Hall–Kier alpha value is -3.39. The van der Waals surface area contributed by atoms with Crippen molar-refractivity contribution in [2.45, 2.75) is 52.1 Å². The molecule has 0 fully saturated rings. The van der Waals surface area contributed by atoms with Gasteiger partial charge >= 0.3 is 16.5 Å². The summed E-state index contributed by atoms with van der Waals surface area (Å²) in [7, 11) is 2.93. The molecule has 0 spiro atoms. The van der Waals surface area contributed by atoms with Crippen molar-refractivity contribution in [3.05, 3.63) is 98.8 Å². The Kier molecular flexibility index (Phi) is 12.0. The van der Waals surface area contributed by atoms with Crippen molar-refractivity contribution in [2.75, 3.05) is 12.9 Å². The number of halogens is 3. The highest BCUT2D eigenvalue weighted by Gasteiger charge is 2.15. The average molecular weight is 685 g/mol. The minimum Gasteiger partial charge on any atom is -0.468 e. The molecule has 3 heterocycles. The number of methoxy groups -OCH3 is 1. The van der Waals surface area contributed by atoms with E-state index in [0.717, 1.165) is 52.1 Å². The fraction of sp³-hybridized carbons (Fsp3) is 0.345. The average Bonchev–Trinajstić information content (AvgIpc) is 3.29. The van der Waals surface area contributed by atoms with Crippen LogP contribution in [-0.2, 0) is 29.7 Å². The number of nitrogens with zero attached hydrogens (tertiary/aromatic N) is 5. The van der Waals surface area contributed by atoms with Crippen LogP contribution < -0.4 is 20.9 Å². The molecule has 2 aromatic carbocycles. The highest BCUT2D eigenvalue weighted by molar-refractivity contribution is 8.00. The summed E-state index contributed by atoms with van der Waals surface area (Å²) in [5, 5.41) is 0.806. The van der Waals surface area contributed by atoms with Crippen LogP contribution in [0, 0.1) is 19.7 Å². The molecule has 0 aliphatic carbocycles. The van der Waals surface area contributed by atoms with Crippen molar-refractivity contribution < 1.29 is 13.9 Å². The van der Waals surface area contributed by atoms with E-state index in [0.29, 0.717) is 39.2 Å². The maximum atomic E-state index is 14.3. The number of aromatic nitrogens is 4. The molecule has 0 atom stereocenters. The number of hydrogen-bond acceptors (Lipinski definition) is 8. The summed E-state index contributed by atoms with van der Waals surface area (Å²) in [4.78, 5) is 52.5. The zero-order chi connectivity index (χ0) is 31.4. The van der Waals surface area contributed by atoms with E-state index in [-0.39, 0.29) is 40.0 Å². The Morgan fingerprint density at radius 2 is 1.73 bits per heavy atom. The fourth-order valence-corrected chi connectivity index (χ4v) is 6.28. The minimum atomic E-state index is -0.580. The summed E-state index contributed by atoms with van der Waals surface area (Å²) in [5.41, 5.74) is 1.37. The molecule has 5 rings (SSSR count). The van der Waals surface area contributed by atoms with Crippen LogP contribution in [0.2, 0.25) is 10.0 Å². The number of benzene rings is 2. The van der Waals surface area contributed by atoms with E-state index in [1.807, 2.05) is 6.92 Å². The predicted molar refractivity (Wildman–Crippen MR) is 174 cm³/mol. The zero-order valence-corrected chi connectivity index (χ0v) is 26.9. The largest absolute Gasteiger partial charge is 0.468 e. The lowest BCUT2D eigenvalue weighted by Gasteiger charge is -2.15. The molecule has 0 N–H and O–H groups in total.